The molecule has 0 bridgehead atoms. The van der Waals surface area contributed by atoms with Gasteiger partial charge < -0.3 is 10.8 Å². The van der Waals surface area contributed by atoms with Crippen molar-refractivity contribution < 1.29 is 5.11 Å². The summed E-state index contributed by atoms with van der Waals surface area (Å²) in [7, 11) is 0. The molecule has 2 aliphatic carbocycles. The molecule has 0 spiro atoms. The van der Waals surface area contributed by atoms with Gasteiger partial charge in [-0.05, 0) is 50.9 Å². The van der Waals surface area contributed by atoms with Crippen LogP contribution in [0.1, 0.15) is 58.3 Å². The van der Waals surface area contributed by atoms with Gasteiger partial charge in [0.15, 0.2) is 0 Å². The normalized spacial score (nSPS) is 41.8. The van der Waals surface area contributed by atoms with E-state index in [0.29, 0.717) is 0 Å². The molecule has 3 N–H and O–H groups in total. The molecule has 0 aliphatic heterocycles. The molecule has 2 fully saturated rings. The van der Waals surface area contributed by atoms with Gasteiger partial charge in [-0.15, -0.1) is 0 Å². The van der Waals surface area contributed by atoms with Crippen LogP contribution in [0.2, 0.25) is 0 Å². The Kier molecular flexibility index (Phi) is 2.61. The zero-order chi connectivity index (χ0) is 10.2. The minimum atomic E-state index is -0.531. The number of hydrogen-bond donors (Lipinski definition) is 2. The second-order valence-corrected chi connectivity index (χ2v) is 5.39. The Morgan fingerprint density at radius 2 is 1.79 bits per heavy atom. The lowest BCUT2D eigenvalue weighted by atomic mass is 9.60. The van der Waals surface area contributed by atoms with E-state index < -0.39 is 5.60 Å². The summed E-state index contributed by atoms with van der Waals surface area (Å²) in [6.07, 6.45) is 8.73. The van der Waals surface area contributed by atoms with Gasteiger partial charge >= 0.3 is 0 Å². The van der Waals surface area contributed by atoms with Crippen LogP contribution in [-0.4, -0.2) is 16.2 Å². The van der Waals surface area contributed by atoms with E-state index in [4.69, 9.17) is 5.73 Å². The predicted octanol–water partition coefficient (Wildman–Crippen LogP) is 2.20. The van der Waals surface area contributed by atoms with E-state index >= 15 is 0 Å². The van der Waals surface area contributed by atoms with Crippen molar-refractivity contribution in [3.05, 3.63) is 0 Å². The van der Waals surface area contributed by atoms with E-state index in [1.807, 2.05) is 0 Å². The molecule has 0 unspecified atom stereocenters. The third-order valence-electron chi connectivity index (χ3n) is 4.68. The van der Waals surface area contributed by atoms with Crippen LogP contribution < -0.4 is 5.73 Å². The minimum absolute atomic E-state index is 0.230. The number of hydrogen-bond acceptors (Lipinski definition) is 2. The van der Waals surface area contributed by atoms with E-state index in [0.717, 1.165) is 31.6 Å². The number of aliphatic hydroxyl groups is 1. The fourth-order valence-corrected chi connectivity index (χ4v) is 3.08. The van der Waals surface area contributed by atoms with Crippen LogP contribution >= 0.6 is 0 Å². The second kappa shape index (κ2) is 3.49. The summed E-state index contributed by atoms with van der Waals surface area (Å²) < 4.78 is 0. The summed E-state index contributed by atoms with van der Waals surface area (Å²) >= 11 is 0. The van der Waals surface area contributed by atoms with Crippen molar-refractivity contribution in [1.82, 2.24) is 0 Å². The first-order valence-corrected chi connectivity index (χ1v) is 6.11. The fraction of sp³-hybridized carbons (Fsp3) is 1.00. The van der Waals surface area contributed by atoms with Crippen molar-refractivity contribution in [3.63, 3.8) is 0 Å². The highest BCUT2D eigenvalue weighted by atomic mass is 16.3. The standard InChI is InChI=1S/C12H23NO/c1-2-10-4-8-12(14,9-5-10)11(13)6-3-7-11/h10,14H,2-9,13H2,1H3. The lowest BCUT2D eigenvalue weighted by Crippen LogP contribution is -2.65. The molecule has 2 rings (SSSR count). The molecule has 0 atom stereocenters. The van der Waals surface area contributed by atoms with Gasteiger partial charge in [0.05, 0.1) is 5.60 Å². The molecule has 2 heteroatoms. The van der Waals surface area contributed by atoms with Gasteiger partial charge in [-0.25, -0.2) is 0 Å². The molecule has 0 aromatic heterocycles. The predicted molar refractivity (Wildman–Crippen MR) is 58.0 cm³/mol. The summed E-state index contributed by atoms with van der Waals surface area (Å²) in [4.78, 5) is 0. The summed E-state index contributed by atoms with van der Waals surface area (Å²) in [6.45, 7) is 2.25. The Morgan fingerprint density at radius 3 is 2.14 bits per heavy atom. The maximum Gasteiger partial charge on any atom is 0.0826 e. The maximum absolute atomic E-state index is 10.5. The Balaban J connectivity index is 1.98. The average molecular weight is 197 g/mol. The van der Waals surface area contributed by atoms with Gasteiger partial charge in [0.1, 0.15) is 0 Å². The molecule has 0 heterocycles. The van der Waals surface area contributed by atoms with Gasteiger partial charge in [0.25, 0.3) is 0 Å². The fourth-order valence-electron chi connectivity index (χ4n) is 3.08. The van der Waals surface area contributed by atoms with Gasteiger partial charge in [-0.3, -0.25) is 0 Å². The van der Waals surface area contributed by atoms with E-state index in [9.17, 15) is 5.11 Å². The van der Waals surface area contributed by atoms with Gasteiger partial charge in [0, 0.05) is 5.54 Å². The van der Waals surface area contributed by atoms with Crippen molar-refractivity contribution in [2.24, 2.45) is 11.7 Å². The SMILES string of the molecule is CCC1CCC(O)(C2(N)CCC2)CC1. The zero-order valence-corrected chi connectivity index (χ0v) is 9.26. The molecule has 2 aliphatic rings. The van der Waals surface area contributed by atoms with Crippen molar-refractivity contribution >= 4 is 0 Å². The lowest BCUT2D eigenvalue weighted by Gasteiger charge is -2.53. The lowest BCUT2D eigenvalue weighted by molar-refractivity contribution is -0.102. The highest BCUT2D eigenvalue weighted by Crippen LogP contribution is 2.47. The molecule has 0 aromatic rings. The van der Waals surface area contributed by atoms with Crippen LogP contribution in [0.3, 0.4) is 0 Å². The van der Waals surface area contributed by atoms with E-state index in [1.54, 1.807) is 0 Å². The zero-order valence-electron chi connectivity index (χ0n) is 9.26. The Morgan fingerprint density at radius 1 is 1.21 bits per heavy atom. The van der Waals surface area contributed by atoms with Crippen LogP contribution in [0, 0.1) is 5.92 Å². The first-order valence-electron chi connectivity index (χ1n) is 6.11. The second-order valence-electron chi connectivity index (χ2n) is 5.39. The molecule has 0 amide bonds. The summed E-state index contributed by atoms with van der Waals surface area (Å²) in [5.74, 6) is 0.832. The summed E-state index contributed by atoms with van der Waals surface area (Å²) in [5, 5.41) is 10.5. The van der Waals surface area contributed by atoms with Crippen LogP contribution in [-0.2, 0) is 0 Å². The number of rotatable bonds is 2. The van der Waals surface area contributed by atoms with Crippen LogP contribution in [0.25, 0.3) is 0 Å². The molecule has 14 heavy (non-hydrogen) atoms. The third-order valence-corrected chi connectivity index (χ3v) is 4.68. The van der Waals surface area contributed by atoms with Crippen molar-refractivity contribution in [2.45, 2.75) is 69.4 Å². The smallest absolute Gasteiger partial charge is 0.0826 e. The van der Waals surface area contributed by atoms with Gasteiger partial charge in [-0.1, -0.05) is 13.3 Å². The first-order chi connectivity index (χ1) is 6.60. The Bertz CT molecular complexity index is 202. The molecule has 2 nitrogen and oxygen atoms in total. The molecule has 0 radical (unpaired) electrons. The van der Waals surface area contributed by atoms with Crippen molar-refractivity contribution in [2.75, 3.05) is 0 Å². The highest BCUT2D eigenvalue weighted by Gasteiger charge is 2.51. The van der Waals surface area contributed by atoms with Gasteiger partial charge in [-0.2, -0.15) is 0 Å². The number of nitrogens with two attached hydrogens (primary N) is 1. The summed E-state index contributed by atoms with van der Waals surface area (Å²) in [5.41, 5.74) is 5.49. The average Bonchev–Trinajstić information content (AvgIpc) is 2.15. The van der Waals surface area contributed by atoms with E-state index in [-0.39, 0.29) is 5.54 Å². The quantitative estimate of drug-likeness (QED) is 0.713. The summed E-state index contributed by atoms with van der Waals surface area (Å²) in [6, 6.07) is 0. The Labute approximate surface area is 86.9 Å². The van der Waals surface area contributed by atoms with Crippen LogP contribution in [0.15, 0.2) is 0 Å². The van der Waals surface area contributed by atoms with Gasteiger partial charge in [0.2, 0.25) is 0 Å². The van der Waals surface area contributed by atoms with Crippen LogP contribution in [0.4, 0.5) is 0 Å². The Hall–Kier alpha value is -0.0800. The maximum atomic E-state index is 10.5. The molecule has 82 valence electrons. The monoisotopic (exact) mass is 197 g/mol. The molecule has 0 saturated heterocycles. The molecule has 2 saturated carbocycles. The molecular formula is C12H23NO. The first kappa shape index (κ1) is 10.4. The molecular weight excluding hydrogens is 174 g/mol. The largest absolute Gasteiger partial charge is 0.388 e. The third kappa shape index (κ3) is 1.49. The topological polar surface area (TPSA) is 46.2 Å². The van der Waals surface area contributed by atoms with Crippen molar-refractivity contribution in [3.8, 4) is 0 Å². The van der Waals surface area contributed by atoms with Crippen molar-refractivity contribution in [1.29, 1.82) is 0 Å². The van der Waals surface area contributed by atoms with E-state index in [2.05, 4.69) is 6.92 Å². The highest BCUT2D eigenvalue weighted by molar-refractivity contribution is 5.09. The van der Waals surface area contributed by atoms with Crippen LogP contribution in [0.5, 0.6) is 0 Å². The van der Waals surface area contributed by atoms with E-state index in [1.165, 1.54) is 25.7 Å². The minimum Gasteiger partial charge on any atom is -0.388 e. The molecule has 0 aromatic carbocycles.